The first-order chi connectivity index (χ1) is 9.65. The Morgan fingerprint density at radius 1 is 1.25 bits per heavy atom. The molecule has 20 heavy (non-hydrogen) atoms. The van der Waals surface area contributed by atoms with Gasteiger partial charge in [-0.3, -0.25) is 0 Å². The SMILES string of the molecule is CC1CCC(Nc2cc(Br)cnc2Cl)c2ccccc21. The maximum atomic E-state index is 6.18. The third-order valence-electron chi connectivity index (χ3n) is 3.93. The van der Waals surface area contributed by atoms with Gasteiger partial charge in [0, 0.05) is 10.7 Å². The highest BCUT2D eigenvalue weighted by molar-refractivity contribution is 9.10. The first-order valence-electron chi connectivity index (χ1n) is 6.81. The largest absolute Gasteiger partial charge is 0.376 e. The summed E-state index contributed by atoms with van der Waals surface area (Å²) in [4.78, 5) is 4.17. The van der Waals surface area contributed by atoms with Crippen LogP contribution in [-0.4, -0.2) is 4.98 Å². The van der Waals surface area contributed by atoms with Gasteiger partial charge in [-0.1, -0.05) is 42.8 Å². The molecule has 0 radical (unpaired) electrons. The van der Waals surface area contributed by atoms with E-state index < -0.39 is 0 Å². The van der Waals surface area contributed by atoms with Crippen LogP contribution in [0.15, 0.2) is 41.0 Å². The Balaban J connectivity index is 1.92. The molecule has 0 amide bonds. The third-order valence-corrected chi connectivity index (χ3v) is 4.66. The molecule has 0 spiro atoms. The fourth-order valence-corrected chi connectivity index (χ4v) is 3.36. The molecule has 2 nitrogen and oxygen atoms in total. The molecule has 2 atom stereocenters. The van der Waals surface area contributed by atoms with E-state index in [0.29, 0.717) is 17.1 Å². The molecule has 1 aliphatic rings. The summed E-state index contributed by atoms with van der Waals surface area (Å²) in [5.41, 5.74) is 3.70. The van der Waals surface area contributed by atoms with Crippen molar-refractivity contribution in [3.63, 3.8) is 0 Å². The van der Waals surface area contributed by atoms with Crippen molar-refractivity contribution in [2.75, 3.05) is 5.32 Å². The average molecular weight is 352 g/mol. The van der Waals surface area contributed by atoms with Crippen LogP contribution in [0.2, 0.25) is 5.15 Å². The van der Waals surface area contributed by atoms with Crippen molar-refractivity contribution in [3.8, 4) is 0 Å². The minimum atomic E-state index is 0.302. The van der Waals surface area contributed by atoms with Gasteiger partial charge >= 0.3 is 0 Å². The highest BCUT2D eigenvalue weighted by Crippen LogP contribution is 2.39. The Kier molecular flexibility index (Phi) is 3.99. The van der Waals surface area contributed by atoms with E-state index in [2.05, 4.69) is 57.4 Å². The zero-order valence-electron chi connectivity index (χ0n) is 11.2. The predicted octanol–water partition coefficient (Wildman–Crippen LogP) is 5.55. The summed E-state index contributed by atoms with van der Waals surface area (Å²) < 4.78 is 0.932. The molecule has 2 aromatic rings. The van der Waals surface area contributed by atoms with Crippen LogP contribution in [0, 0.1) is 0 Å². The van der Waals surface area contributed by atoms with Gasteiger partial charge in [0.2, 0.25) is 0 Å². The van der Waals surface area contributed by atoms with E-state index in [1.54, 1.807) is 6.20 Å². The normalized spacial score (nSPS) is 21.4. The molecule has 1 N–H and O–H groups in total. The molecule has 104 valence electrons. The molecule has 0 saturated heterocycles. The molecule has 1 aliphatic carbocycles. The number of benzene rings is 1. The lowest BCUT2D eigenvalue weighted by Gasteiger charge is -2.31. The van der Waals surface area contributed by atoms with Crippen molar-refractivity contribution in [1.82, 2.24) is 4.98 Å². The summed E-state index contributed by atoms with van der Waals surface area (Å²) in [7, 11) is 0. The van der Waals surface area contributed by atoms with Crippen molar-refractivity contribution in [2.45, 2.75) is 31.7 Å². The van der Waals surface area contributed by atoms with E-state index >= 15 is 0 Å². The van der Waals surface area contributed by atoms with Crippen LogP contribution >= 0.6 is 27.5 Å². The van der Waals surface area contributed by atoms with Gasteiger partial charge in [-0.2, -0.15) is 0 Å². The zero-order chi connectivity index (χ0) is 14.1. The predicted molar refractivity (Wildman–Crippen MR) is 87.4 cm³/mol. The van der Waals surface area contributed by atoms with Crippen molar-refractivity contribution >= 4 is 33.2 Å². The Bertz CT molecular complexity index is 630. The first-order valence-corrected chi connectivity index (χ1v) is 7.98. The maximum absolute atomic E-state index is 6.18. The molecule has 4 heteroatoms. The molecule has 0 saturated carbocycles. The number of hydrogen-bond donors (Lipinski definition) is 1. The highest BCUT2D eigenvalue weighted by Gasteiger charge is 2.24. The summed E-state index contributed by atoms with van der Waals surface area (Å²) >= 11 is 9.62. The lowest BCUT2D eigenvalue weighted by Crippen LogP contribution is -2.19. The minimum absolute atomic E-state index is 0.302. The van der Waals surface area contributed by atoms with Crippen LogP contribution in [0.25, 0.3) is 0 Å². The second-order valence-electron chi connectivity index (χ2n) is 5.30. The summed E-state index contributed by atoms with van der Waals surface area (Å²) in [5, 5.41) is 4.06. The van der Waals surface area contributed by atoms with Crippen molar-refractivity contribution in [3.05, 3.63) is 57.3 Å². The first kappa shape index (κ1) is 13.9. The summed E-state index contributed by atoms with van der Waals surface area (Å²) in [6.07, 6.45) is 4.01. The van der Waals surface area contributed by atoms with Gasteiger partial charge in [0.05, 0.1) is 11.7 Å². The Hall–Kier alpha value is -1.06. The zero-order valence-corrected chi connectivity index (χ0v) is 13.6. The second-order valence-corrected chi connectivity index (χ2v) is 6.57. The third kappa shape index (κ3) is 2.70. The number of rotatable bonds is 2. The van der Waals surface area contributed by atoms with Gasteiger partial charge in [-0.25, -0.2) is 4.98 Å². The number of hydrogen-bond acceptors (Lipinski definition) is 2. The van der Waals surface area contributed by atoms with Crippen LogP contribution in [-0.2, 0) is 0 Å². The van der Waals surface area contributed by atoms with Gasteiger partial charge in [0.25, 0.3) is 0 Å². The lowest BCUT2D eigenvalue weighted by atomic mass is 9.81. The van der Waals surface area contributed by atoms with Crippen molar-refractivity contribution in [1.29, 1.82) is 0 Å². The molecule has 0 aliphatic heterocycles. The number of aromatic nitrogens is 1. The molecule has 0 fully saturated rings. The molecule has 3 rings (SSSR count). The van der Waals surface area contributed by atoms with Gasteiger partial charge in [-0.05, 0) is 51.9 Å². The summed E-state index contributed by atoms with van der Waals surface area (Å²) in [6, 6.07) is 10.9. The molecule has 1 aromatic carbocycles. The molecule has 1 aromatic heterocycles. The smallest absolute Gasteiger partial charge is 0.152 e. The summed E-state index contributed by atoms with van der Waals surface area (Å²) in [5.74, 6) is 0.625. The minimum Gasteiger partial charge on any atom is -0.376 e. The maximum Gasteiger partial charge on any atom is 0.152 e. The van der Waals surface area contributed by atoms with Gasteiger partial charge in [0.1, 0.15) is 0 Å². The van der Waals surface area contributed by atoms with E-state index in [4.69, 9.17) is 11.6 Å². The van der Waals surface area contributed by atoms with Crippen LogP contribution in [0.4, 0.5) is 5.69 Å². The molecule has 2 unspecified atom stereocenters. The number of anilines is 1. The number of halogens is 2. The monoisotopic (exact) mass is 350 g/mol. The Labute approximate surface area is 132 Å². The van der Waals surface area contributed by atoms with E-state index in [9.17, 15) is 0 Å². The van der Waals surface area contributed by atoms with Crippen LogP contribution < -0.4 is 5.32 Å². The number of fused-ring (bicyclic) bond motifs is 1. The van der Waals surface area contributed by atoms with Crippen molar-refractivity contribution in [2.24, 2.45) is 0 Å². The van der Waals surface area contributed by atoms with E-state index in [-0.39, 0.29) is 0 Å². The Morgan fingerprint density at radius 2 is 2.00 bits per heavy atom. The molecular formula is C16H16BrClN2. The van der Waals surface area contributed by atoms with Crippen LogP contribution in [0.5, 0.6) is 0 Å². The fraction of sp³-hybridized carbons (Fsp3) is 0.312. The summed E-state index contributed by atoms with van der Waals surface area (Å²) in [6.45, 7) is 2.29. The van der Waals surface area contributed by atoms with Crippen molar-refractivity contribution < 1.29 is 0 Å². The Morgan fingerprint density at radius 3 is 2.80 bits per heavy atom. The molecule has 1 heterocycles. The quantitative estimate of drug-likeness (QED) is 0.718. The fourth-order valence-electron chi connectivity index (χ4n) is 2.87. The van der Waals surface area contributed by atoms with E-state index in [1.807, 2.05) is 6.07 Å². The number of nitrogens with zero attached hydrogens (tertiary/aromatic N) is 1. The average Bonchev–Trinajstić information content (AvgIpc) is 2.46. The number of pyridine rings is 1. The van der Waals surface area contributed by atoms with Crippen LogP contribution in [0.3, 0.4) is 0 Å². The van der Waals surface area contributed by atoms with E-state index in [0.717, 1.165) is 16.6 Å². The van der Waals surface area contributed by atoms with Gasteiger partial charge in [0.15, 0.2) is 5.15 Å². The number of nitrogens with one attached hydrogen (secondary N) is 1. The molecular weight excluding hydrogens is 336 g/mol. The second kappa shape index (κ2) is 5.74. The van der Waals surface area contributed by atoms with Gasteiger partial charge < -0.3 is 5.32 Å². The lowest BCUT2D eigenvalue weighted by molar-refractivity contribution is 0.534. The van der Waals surface area contributed by atoms with Gasteiger partial charge in [-0.15, -0.1) is 0 Å². The topological polar surface area (TPSA) is 24.9 Å². The molecule has 0 bridgehead atoms. The highest BCUT2D eigenvalue weighted by atomic mass is 79.9. The van der Waals surface area contributed by atoms with Crippen LogP contribution in [0.1, 0.15) is 42.9 Å². The van der Waals surface area contributed by atoms with E-state index in [1.165, 1.54) is 17.5 Å². The standard InChI is InChI=1S/C16H16BrClN2/c1-10-6-7-14(13-5-3-2-4-12(10)13)20-15-8-11(17)9-19-16(15)18/h2-5,8-10,14,20H,6-7H2,1H3.